The van der Waals surface area contributed by atoms with Crippen LogP contribution >= 0.6 is 44.9 Å². The highest BCUT2D eigenvalue weighted by molar-refractivity contribution is 6.85. The van der Waals surface area contributed by atoms with E-state index in [4.69, 9.17) is 32.7 Å². The van der Waals surface area contributed by atoms with Crippen molar-refractivity contribution in [1.29, 1.82) is 0 Å². The lowest BCUT2D eigenvalue weighted by atomic mass is 10.3. The summed E-state index contributed by atoms with van der Waals surface area (Å²) in [6.45, 7) is 0. The Morgan fingerprint density at radius 2 is 0.645 bits per heavy atom. The van der Waals surface area contributed by atoms with Gasteiger partial charge in [-0.25, -0.2) is 0 Å². The second kappa shape index (κ2) is 15.4. The summed E-state index contributed by atoms with van der Waals surface area (Å²) < 4.78 is 11.1. The van der Waals surface area contributed by atoms with Gasteiger partial charge in [0.1, 0.15) is 23.0 Å². The maximum Gasteiger partial charge on any atom is 0.127 e. The molecular formula is C25H22Cl4O2. The molecule has 0 aromatic heterocycles. The SMILES string of the molecule is C.ClCl.Clc1ccc(Oc2ccc(Cl)cc2)cc1.c1ccc(Oc2ccccc2)cc1. The van der Waals surface area contributed by atoms with Gasteiger partial charge in [0.2, 0.25) is 0 Å². The lowest BCUT2D eigenvalue weighted by Gasteiger charge is -2.05. The Morgan fingerprint density at radius 3 is 0.935 bits per heavy atom. The second-order valence-corrected chi connectivity index (χ2v) is 6.61. The fourth-order valence-electron chi connectivity index (χ4n) is 2.25. The van der Waals surface area contributed by atoms with Crippen LogP contribution in [0.25, 0.3) is 0 Å². The van der Waals surface area contributed by atoms with Crippen molar-refractivity contribution in [2.24, 2.45) is 0 Å². The fraction of sp³-hybridized carbons (Fsp3) is 0.0400. The third-order valence-electron chi connectivity index (χ3n) is 3.59. The molecule has 0 aliphatic rings. The van der Waals surface area contributed by atoms with Crippen molar-refractivity contribution in [3.8, 4) is 23.0 Å². The summed E-state index contributed by atoms with van der Waals surface area (Å²) in [6.07, 6.45) is 0. The van der Waals surface area contributed by atoms with Crippen molar-refractivity contribution < 1.29 is 9.47 Å². The van der Waals surface area contributed by atoms with Crippen LogP contribution in [-0.4, -0.2) is 0 Å². The van der Waals surface area contributed by atoms with Gasteiger partial charge in [0.25, 0.3) is 0 Å². The highest BCUT2D eigenvalue weighted by Crippen LogP contribution is 2.24. The van der Waals surface area contributed by atoms with Crippen LogP contribution in [0.5, 0.6) is 23.0 Å². The molecule has 162 valence electrons. The van der Waals surface area contributed by atoms with Crippen LogP contribution in [-0.2, 0) is 0 Å². The van der Waals surface area contributed by atoms with Crippen LogP contribution in [0, 0.1) is 0 Å². The molecule has 0 aliphatic carbocycles. The zero-order valence-electron chi connectivity index (χ0n) is 15.7. The van der Waals surface area contributed by atoms with Gasteiger partial charge >= 0.3 is 0 Å². The average Bonchev–Trinajstić information content (AvgIpc) is 2.80. The van der Waals surface area contributed by atoms with Crippen LogP contribution in [0.1, 0.15) is 7.43 Å². The van der Waals surface area contributed by atoms with E-state index in [0.717, 1.165) is 23.0 Å². The summed E-state index contributed by atoms with van der Waals surface area (Å²) in [5.41, 5.74) is 0. The smallest absolute Gasteiger partial charge is 0.127 e. The molecule has 0 spiro atoms. The van der Waals surface area contributed by atoms with E-state index in [9.17, 15) is 0 Å². The van der Waals surface area contributed by atoms with E-state index >= 15 is 0 Å². The number of halogens is 4. The van der Waals surface area contributed by atoms with Crippen LogP contribution in [0.3, 0.4) is 0 Å². The largest absolute Gasteiger partial charge is 0.457 e. The van der Waals surface area contributed by atoms with E-state index in [1.807, 2.05) is 84.9 Å². The molecule has 4 aromatic carbocycles. The van der Waals surface area contributed by atoms with E-state index in [1.165, 1.54) is 0 Å². The molecule has 4 rings (SSSR count). The van der Waals surface area contributed by atoms with Gasteiger partial charge in [0.05, 0.1) is 0 Å². The summed E-state index contributed by atoms with van der Waals surface area (Å²) in [4.78, 5) is 0. The fourth-order valence-corrected chi connectivity index (χ4v) is 2.51. The van der Waals surface area contributed by atoms with E-state index in [1.54, 1.807) is 24.3 Å². The first-order valence-corrected chi connectivity index (χ1v) is 10.7. The molecule has 0 atom stereocenters. The molecule has 0 N–H and O–H groups in total. The van der Waals surface area contributed by atoms with Crippen molar-refractivity contribution in [3.05, 3.63) is 119 Å². The minimum Gasteiger partial charge on any atom is -0.457 e. The molecule has 0 unspecified atom stereocenters. The molecule has 0 saturated heterocycles. The Morgan fingerprint density at radius 1 is 0.387 bits per heavy atom. The molecule has 31 heavy (non-hydrogen) atoms. The van der Waals surface area contributed by atoms with Gasteiger partial charge in [0.15, 0.2) is 0 Å². The second-order valence-electron chi connectivity index (χ2n) is 5.74. The summed E-state index contributed by atoms with van der Waals surface area (Å²) in [5, 5.41) is 1.39. The van der Waals surface area contributed by atoms with Gasteiger partial charge in [-0.1, -0.05) is 67.0 Å². The molecule has 0 saturated carbocycles. The molecular weight excluding hydrogens is 474 g/mol. The third kappa shape index (κ3) is 10.5. The van der Waals surface area contributed by atoms with E-state index in [2.05, 4.69) is 21.7 Å². The molecule has 2 nitrogen and oxygen atoms in total. The van der Waals surface area contributed by atoms with Gasteiger partial charge in [0, 0.05) is 31.8 Å². The predicted octanol–water partition coefficient (Wildman–Crippen LogP) is 10.3. The molecule has 6 heteroatoms. The Hall–Kier alpha value is -2.36. The number of rotatable bonds is 4. The van der Waals surface area contributed by atoms with Crippen molar-refractivity contribution in [2.45, 2.75) is 7.43 Å². The van der Waals surface area contributed by atoms with Crippen molar-refractivity contribution in [1.82, 2.24) is 0 Å². The molecule has 0 radical (unpaired) electrons. The Labute approximate surface area is 203 Å². The first-order chi connectivity index (χ1) is 14.7. The monoisotopic (exact) mass is 494 g/mol. The molecule has 4 aromatic rings. The molecule has 0 amide bonds. The lowest BCUT2D eigenvalue weighted by Crippen LogP contribution is -1.82. The average molecular weight is 496 g/mol. The van der Waals surface area contributed by atoms with Crippen LogP contribution < -0.4 is 9.47 Å². The first-order valence-electron chi connectivity index (χ1n) is 8.80. The Bertz CT molecular complexity index is 881. The van der Waals surface area contributed by atoms with Gasteiger partial charge in [-0.2, -0.15) is 0 Å². The Kier molecular flexibility index (Phi) is 13.3. The van der Waals surface area contributed by atoms with E-state index in [0.29, 0.717) is 10.0 Å². The highest BCUT2D eigenvalue weighted by atomic mass is 36.5. The van der Waals surface area contributed by atoms with Gasteiger partial charge in [-0.05, 0) is 72.8 Å². The maximum absolute atomic E-state index is 5.76. The summed E-state index contributed by atoms with van der Waals surface area (Å²) in [7, 11) is 8.22. The summed E-state index contributed by atoms with van der Waals surface area (Å²) in [5.74, 6) is 3.24. The molecule has 0 aliphatic heterocycles. The van der Waals surface area contributed by atoms with Crippen LogP contribution in [0.4, 0.5) is 0 Å². The quantitative estimate of drug-likeness (QED) is 0.280. The number of ether oxygens (including phenoxy) is 2. The van der Waals surface area contributed by atoms with E-state index in [-0.39, 0.29) is 7.43 Å². The summed E-state index contributed by atoms with van der Waals surface area (Å²) in [6, 6.07) is 33.9. The highest BCUT2D eigenvalue weighted by Gasteiger charge is 1.97. The number of para-hydroxylation sites is 2. The molecule has 0 fully saturated rings. The predicted molar refractivity (Wildman–Crippen MR) is 134 cm³/mol. The first kappa shape index (κ1) is 26.7. The van der Waals surface area contributed by atoms with Crippen molar-refractivity contribution in [3.63, 3.8) is 0 Å². The maximum atomic E-state index is 5.76. The normalized spacial score (nSPS) is 9.03. The zero-order chi connectivity index (χ0) is 21.6. The van der Waals surface area contributed by atoms with Gasteiger partial charge in [-0.15, -0.1) is 0 Å². The van der Waals surface area contributed by atoms with Crippen LogP contribution in [0.2, 0.25) is 10.0 Å². The van der Waals surface area contributed by atoms with Crippen LogP contribution in [0.15, 0.2) is 109 Å². The van der Waals surface area contributed by atoms with E-state index < -0.39 is 0 Å². The molecule has 0 heterocycles. The zero-order valence-corrected chi connectivity index (χ0v) is 18.7. The third-order valence-corrected chi connectivity index (χ3v) is 4.09. The standard InChI is InChI=1S/C12H8Cl2O.C12H10O.CH4.Cl2/c13-9-1-5-11(6-2-9)15-12-7-3-10(14)4-8-12;1-3-7-11(8-4-1)13-12-9-5-2-6-10-12;;1-2/h1-8H;1-10H;1H4;. The lowest BCUT2D eigenvalue weighted by molar-refractivity contribution is 0.482. The minimum atomic E-state index is 0. The molecule has 0 bridgehead atoms. The number of hydrogen-bond acceptors (Lipinski definition) is 2. The number of benzene rings is 4. The van der Waals surface area contributed by atoms with Gasteiger partial charge in [-0.3, -0.25) is 0 Å². The van der Waals surface area contributed by atoms with Crippen molar-refractivity contribution >= 4 is 44.9 Å². The minimum absolute atomic E-state index is 0. The number of hydrogen-bond donors (Lipinski definition) is 0. The van der Waals surface area contributed by atoms with Crippen molar-refractivity contribution in [2.75, 3.05) is 0 Å². The summed E-state index contributed by atoms with van der Waals surface area (Å²) >= 11 is 11.5. The van der Waals surface area contributed by atoms with Gasteiger partial charge < -0.3 is 9.47 Å². The topological polar surface area (TPSA) is 18.5 Å². The Balaban J connectivity index is 0.000000281.